The Balaban J connectivity index is 2.68. The third-order valence-electron chi connectivity index (χ3n) is 4.15. The Labute approximate surface area is 146 Å². The van der Waals surface area contributed by atoms with Crippen LogP contribution in [0.4, 0.5) is 4.79 Å². The van der Waals surface area contributed by atoms with Crippen molar-refractivity contribution in [3.8, 4) is 0 Å². The van der Waals surface area contributed by atoms with E-state index in [-0.39, 0.29) is 18.2 Å². The maximum absolute atomic E-state index is 12.0. The van der Waals surface area contributed by atoms with Crippen LogP contribution in [0.15, 0.2) is 0 Å². The summed E-state index contributed by atoms with van der Waals surface area (Å²) in [7, 11) is 1.96. The lowest BCUT2D eigenvalue weighted by molar-refractivity contribution is 0.0489. The molecule has 0 aromatic carbocycles. The fraction of sp³-hybridized carbons (Fsp3) is 0.778. The second-order valence-corrected chi connectivity index (χ2v) is 7.83. The highest BCUT2D eigenvalue weighted by Crippen LogP contribution is 2.20. The van der Waals surface area contributed by atoms with Gasteiger partial charge in [0.25, 0.3) is 0 Å². The monoisotopic (exact) mass is 338 g/mol. The van der Waals surface area contributed by atoms with Gasteiger partial charge in [-0.3, -0.25) is 4.68 Å². The smallest absolute Gasteiger partial charge is 0.407 e. The van der Waals surface area contributed by atoms with E-state index in [1.54, 1.807) is 0 Å². The van der Waals surface area contributed by atoms with Gasteiger partial charge in [0.2, 0.25) is 0 Å². The lowest BCUT2D eigenvalue weighted by atomic mass is 10.0. The molecule has 2 unspecified atom stereocenters. The van der Waals surface area contributed by atoms with Crippen molar-refractivity contribution in [2.75, 3.05) is 6.54 Å². The molecular formula is C18H34N4O2. The number of nitrogens with one attached hydrogen (secondary N) is 2. The Morgan fingerprint density at radius 3 is 2.25 bits per heavy atom. The van der Waals surface area contributed by atoms with Crippen LogP contribution in [-0.2, 0) is 11.8 Å². The third-order valence-corrected chi connectivity index (χ3v) is 4.15. The first-order valence-electron chi connectivity index (χ1n) is 8.65. The van der Waals surface area contributed by atoms with E-state index in [1.165, 1.54) is 5.56 Å². The van der Waals surface area contributed by atoms with Crippen LogP contribution in [0.1, 0.15) is 64.5 Å². The van der Waals surface area contributed by atoms with Gasteiger partial charge in [0.1, 0.15) is 5.60 Å². The number of carbonyl (C=O) groups excluding carboxylic acids is 1. The van der Waals surface area contributed by atoms with E-state index in [9.17, 15) is 4.79 Å². The van der Waals surface area contributed by atoms with Crippen molar-refractivity contribution in [2.24, 2.45) is 13.0 Å². The molecule has 0 bridgehead atoms. The fourth-order valence-corrected chi connectivity index (χ4v) is 2.73. The average molecular weight is 338 g/mol. The van der Waals surface area contributed by atoms with Gasteiger partial charge in [-0.2, -0.15) is 5.10 Å². The zero-order valence-electron chi connectivity index (χ0n) is 16.7. The van der Waals surface area contributed by atoms with Crippen LogP contribution >= 0.6 is 0 Å². The predicted octanol–water partition coefficient (Wildman–Crippen LogP) is 3.24. The number of hydrogen-bond donors (Lipinski definition) is 2. The number of ether oxygens (including phenoxy) is 1. The normalized spacial score (nSPS) is 14.6. The summed E-state index contributed by atoms with van der Waals surface area (Å²) < 4.78 is 7.26. The molecule has 24 heavy (non-hydrogen) atoms. The number of aromatic nitrogens is 2. The summed E-state index contributed by atoms with van der Waals surface area (Å²) in [5.41, 5.74) is 2.93. The zero-order valence-corrected chi connectivity index (χ0v) is 16.7. The van der Waals surface area contributed by atoms with Crippen LogP contribution in [0.25, 0.3) is 0 Å². The molecule has 1 heterocycles. The van der Waals surface area contributed by atoms with Gasteiger partial charge in [0, 0.05) is 36.9 Å². The molecule has 0 saturated heterocycles. The maximum atomic E-state index is 12.0. The topological polar surface area (TPSA) is 68.2 Å². The van der Waals surface area contributed by atoms with Gasteiger partial charge >= 0.3 is 6.09 Å². The molecule has 138 valence electrons. The fourth-order valence-electron chi connectivity index (χ4n) is 2.73. The number of carbonyl (C=O) groups is 1. The molecule has 6 heteroatoms. The lowest BCUT2D eigenvalue weighted by Gasteiger charge is -2.27. The lowest BCUT2D eigenvalue weighted by Crippen LogP contribution is -2.47. The van der Waals surface area contributed by atoms with Crippen LogP contribution < -0.4 is 10.6 Å². The Morgan fingerprint density at radius 1 is 1.25 bits per heavy atom. The molecule has 2 N–H and O–H groups in total. The van der Waals surface area contributed by atoms with Crippen LogP contribution in [0.2, 0.25) is 0 Å². The molecule has 0 aliphatic carbocycles. The molecule has 6 nitrogen and oxygen atoms in total. The third kappa shape index (κ3) is 5.82. The van der Waals surface area contributed by atoms with Crippen molar-refractivity contribution in [3.63, 3.8) is 0 Å². The van der Waals surface area contributed by atoms with Crippen molar-refractivity contribution in [1.82, 2.24) is 20.4 Å². The minimum absolute atomic E-state index is 0.000385. The van der Waals surface area contributed by atoms with E-state index in [0.717, 1.165) is 11.4 Å². The summed E-state index contributed by atoms with van der Waals surface area (Å²) in [6, 6.07) is 0.167. The summed E-state index contributed by atoms with van der Waals surface area (Å²) in [5, 5.41) is 11.0. The van der Waals surface area contributed by atoms with Crippen LogP contribution in [0.5, 0.6) is 0 Å². The highest BCUT2D eigenvalue weighted by atomic mass is 16.6. The summed E-state index contributed by atoms with van der Waals surface area (Å²) in [5.74, 6) is 0.299. The van der Waals surface area contributed by atoms with Gasteiger partial charge in [0.15, 0.2) is 0 Å². The van der Waals surface area contributed by atoms with Crippen LogP contribution in [0, 0.1) is 19.8 Å². The van der Waals surface area contributed by atoms with Gasteiger partial charge in [-0.15, -0.1) is 0 Å². The first-order valence-corrected chi connectivity index (χ1v) is 8.65. The molecule has 0 fully saturated rings. The molecule has 1 aromatic rings. The van der Waals surface area contributed by atoms with Crippen LogP contribution in [0.3, 0.4) is 0 Å². The molecule has 0 aliphatic rings. The zero-order chi connectivity index (χ0) is 18.7. The van der Waals surface area contributed by atoms with E-state index in [1.807, 2.05) is 39.4 Å². The highest BCUT2D eigenvalue weighted by molar-refractivity contribution is 5.68. The van der Waals surface area contributed by atoms with Gasteiger partial charge in [-0.1, -0.05) is 13.8 Å². The number of aryl methyl sites for hydroxylation is 2. The van der Waals surface area contributed by atoms with Crippen molar-refractivity contribution < 1.29 is 9.53 Å². The highest BCUT2D eigenvalue weighted by Gasteiger charge is 2.23. The largest absolute Gasteiger partial charge is 0.444 e. The van der Waals surface area contributed by atoms with E-state index in [4.69, 9.17) is 4.74 Å². The molecule has 1 aromatic heterocycles. The number of alkyl carbamates (subject to hydrolysis) is 1. The molecule has 2 atom stereocenters. The Hall–Kier alpha value is -1.56. The van der Waals surface area contributed by atoms with Crippen molar-refractivity contribution in [2.45, 2.75) is 73.1 Å². The minimum Gasteiger partial charge on any atom is -0.444 e. The Morgan fingerprint density at radius 2 is 1.83 bits per heavy atom. The quantitative estimate of drug-likeness (QED) is 0.835. The standard InChI is InChI=1S/C18H34N4O2/c1-11(2)15(20-17(23)24-18(6,7)8)10-19-12(3)16-13(4)21-22(9)14(16)5/h11-12,15,19H,10H2,1-9H3,(H,20,23). The van der Waals surface area contributed by atoms with Crippen LogP contribution in [-0.4, -0.2) is 34.1 Å². The van der Waals surface area contributed by atoms with E-state index in [2.05, 4.69) is 43.4 Å². The van der Waals surface area contributed by atoms with Gasteiger partial charge in [0.05, 0.1) is 5.69 Å². The second-order valence-electron chi connectivity index (χ2n) is 7.83. The summed E-state index contributed by atoms with van der Waals surface area (Å²) in [4.78, 5) is 12.0. The average Bonchev–Trinajstić information content (AvgIpc) is 2.65. The number of rotatable bonds is 6. The molecule has 0 saturated carbocycles. The Bertz CT molecular complexity index is 558. The van der Waals surface area contributed by atoms with Crippen molar-refractivity contribution >= 4 is 6.09 Å². The first-order chi connectivity index (χ1) is 10.9. The second kappa shape index (κ2) is 8.01. The number of amides is 1. The SMILES string of the molecule is Cc1nn(C)c(C)c1C(C)NCC(NC(=O)OC(C)(C)C)C(C)C. The molecule has 0 aliphatic heterocycles. The van der Waals surface area contributed by atoms with E-state index < -0.39 is 5.60 Å². The van der Waals surface area contributed by atoms with E-state index >= 15 is 0 Å². The summed E-state index contributed by atoms with van der Waals surface area (Å²) in [6.45, 7) is 16.7. The van der Waals surface area contributed by atoms with Gasteiger partial charge in [-0.05, 0) is 47.5 Å². The van der Waals surface area contributed by atoms with Crippen molar-refractivity contribution in [3.05, 3.63) is 17.0 Å². The molecule has 1 amide bonds. The maximum Gasteiger partial charge on any atom is 0.407 e. The minimum atomic E-state index is -0.490. The molecule has 1 rings (SSSR count). The number of nitrogens with zero attached hydrogens (tertiary/aromatic N) is 2. The molecule has 0 spiro atoms. The summed E-state index contributed by atoms with van der Waals surface area (Å²) in [6.07, 6.45) is -0.371. The van der Waals surface area contributed by atoms with Gasteiger partial charge < -0.3 is 15.4 Å². The van der Waals surface area contributed by atoms with E-state index in [0.29, 0.717) is 12.5 Å². The molecule has 0 radical (unpaired) electrons. The first kappa shape index (κ1) is 20.5. The van der Waals surface area contributed by atoms with Gasteiger partial charge in [-0.25, -0.2) is 4.79 Å². The molecular weight excluding hydrogens is 304 g/mol. The Kier molecular flexibility index (Phi) is 6.84. The van der Waals surface area contributed by atoms with Crippen molar-refractivity contribution in [1.29, 1.82) is 0 Å². The summed E-state index contributed by atoms with van der Waals surface area (Å²) >= 11 is 0. The predicted molar refractivity (Wildman–Crippen MR) is 97.1 cm³/mol. The number of hydrogen-bond acceptors (Lipinski definition) is 4.